The van der Waals surface area contributed by atoms with Crippen LogP contribution in [0.1, 0.15) is 64.2 Å². The van der Waals surface area contributed by atoms with E-state index in [-0.39, 0.29) is 80.9 Å². The van der Waals surface area contributed by atoms with Crippen molar-refractivity contribution in [2.24, 2.45) is 55.9 Å². The van der Waals surface area contributed by atoms with Crippen LogP contribution < -0.4 is 77.3 Å². The maximum Gasteiger partial charge on any atom is 2.00 e. The molecule has 0 bridgehead atoms. The minimum atomic E-state index is -1.39. The second-order valence-electron chi connectivity index (χ2n) is 10.9. The fraction of sp³-hybridized carbons (Fsp3) is 0.714. The quantitative estimate of drug-likeness (QED) is 0.0168. The van der Waals surface area contributed by atoms with Gasteiger partial charge in [0, 0.05) is 13.1 Å². The Morgan fingerprint density at radius 3 is 1.06 bits per heavy atom. The maximum atomic E-state index is 12.3. The molecule has 22 nitrogen and oxygen atoms in total. The summed E-state index contributed by atoms with van der Waals surface area (Å²) in [5.41, 5.74) is 42.0. The van der Waals surface area contributed by atoms with Crippen molar-refractivity contribution in [2.75, 3.05) is 39.3 Å². The predicted molar refractivity (Wildman–Crippen MR) is 181 cm³/mol. The summed E-state index contributed by atoms with van der Waals surface area (Å²) in [6.07, 6.45) is 3.95. The second kappa shape index (κ2) is 31.7. The molecule has 23 heteroatoms. The number of nitrogens with two attached hydrogens (primary N) is 8. The number of hydrogen-bond acceptors (Lipinski definition) is 14. The fourth-order valence-corrected chi connectivity index (χ4v) is 4.08. The third-order valence-electron chi connectivity index (χ3n) is 6.66. The fourth-order valence-electron chi connectivity index (χ4n) is 4.08. The molecule has 0 saturated heterocycles. The Morgan fingerprint density at radius 2 is 0.804 bits per heavy atom. The Balaban J connectivity index is -0.000000886. The van der Waals surface area contributed by atoms with Crippen LogP contribution in [0.2, 0.25) is 0 Å². The number of carboxylic acid groups (broad SMARTS) is 2. The van der Waals surface area contributed by atoms with Gasteiger partial charge >= 0.3 is 17.1 Å². The molecule has 293 valence electrons. The van der Waals surface area contributed by atoms with E-state index in [2.05, 4.69) is 31.3 Å². The monoisotopic (exact) mass is 771 g/mol. The van der Waals surface area contributed by atoms with Gasteiger partial charge in [-0.1, -0.05) is 0 Å². The molecule has 4 atom stereocenters. The number of rotatable bonds is 26. The summed E-state index contributed by atoms with van der Waals surface area (Å²) in [5, 5.41) is 31.9. The van der Waals surface area contributed by atoms with E-state index in [0.29, 0.717) is 51.6 Å². The molecule has 1 radical (unpaired) electrons. The van der Waals surface area contributed by atoms with Gasteiger partial charge in [0.1, 0.15) is 12.1 Å². The SMILES string of the molecule is NCCCC[C@H](NC(=O)[C@H](CCCN=C(N)N)NC(=O)CN)C(=O)[O-].NCCCC[C@H](NC(=O)[C@H](CCCN=C(N)N)NC(=O)CN)C(=O)[O-].[Mn+2]. The van der Waals surface area contributed by atoms with E-state index in [0.717, 1.165) is 0 Å². The topological polar surface area (TPSA) is 430 Å². The summed E-state index contributed by atoms with van der Waals surface area (Å²) in [5.74, 6) is -5.27. The molecule has 0 aliphatic rings. The van der Waals surface area contributed by atoms with Gasteiger partial charge in [-0.25, -0.2) is 0 Å². The molecule has 0 unspecified atom stereocenters. The first kappa shape index (κ1) is 51.1. The zero-order chi connectivity index (χ0) is 38.5. The van der Waals surface area contributed by atoms with Crippen LogP contribution in [0.4, 0.5) is 0 Å². The number of hydrogen-bond donors (Lipinski definition) is 12. The van der Waals surface area contributed by atoms with E-state index in [9.17, 15) is 39.0 Å². The van der Waals surface area contributed by atoms with Crippen LogP contribution in [0, 0.1) is 0 Å². The van der Waals surface area contributed by atoms with Gasteiger partial charge in [-0.3, -0.25) is 29.2 Å². The van der Waals surface area contributed by atoms with Crippen molar-refractivity contribution in [3.63, 3.8) is 0 Å². The molecule has 0 aromatic carbocycles. The molecule has 0 saturated carbocycles. The van der Waals surface area contributed by atoms with Gasteiger partial charge in [0.25, 0.3) is 0 Å². The summed E-state index contributed by atoms with van der Waals surface area (Å²) in [7, 11) is 0. The van der Waals surface area contributed by atoms with Gasteiger partial charge in [0.15, 0.2) is 11.9 Å². The van der Waals surface area contributed by atoms with Crippen LogP contribution in [-0.4, -0.2) is 111 Å². The van der Waals surface area contributed by atoms with E-state index in [1.54, 1.807) is 0 Å². The molecular formula is C28H56MnN14O8. The number of carbonyl (C=O) groups excluding carboxylic acids is 6. The number of unbranched alkanes of at least 4 members (excludes halogenated alkanes) is 2. The van der Waals surface area contributed by atoms with Gasteiger partial charge in [-0.05, 0) is 77.3 Å². The molecule has 0 heterocycles. The van der Waals surface area contributed by atoms with E-state index in [4.69, 9.17) is 45.9 Å². The third kappa shape index (κ3) is 28.1. The third-order valence-corrected chi connectivity index (χ3v) is 6.66. The van der Waals surface area contributed by atoms with E-state index < -0.39 is 59.7 Å². The van der Waals surface area contributed by atoms with Crippen molar-refractivity contribution in [3.05, 3.63) is 0 Å². The molecular weight excluding hydrogens is 715 g/mol. The molecule has 0 aliphatic heterocycles. The number of nitrogens with one attached hydrogen (secondary N) is 4. The summed E-state index contributed by atoms with van der Waals surface area (Å²) < 4.78 is 0. The van der Waals surface area contributed by atoms with Crippen LogP contribution in [0.25, 0.3) is 0 Å². The standard InChI is InChI=1S/2C14H29N7O4.Mn/c2*15-6-2-1-4-10(13(24)25)21-12(23)9(20-11(22)8-16)5-3-7-19-14(17)18;/h2*9-10H,1-8,15-16H2,(H,20,22)(H,21,23)(H,24,25)(H4,17,18,19);/q;;+2/p-2/t2*9-,10-;/m00./s1. The first-order valence-corrected chi connectivity index (χ1v) is 16.1. The Kier molecular flexibility index (Phi) is 31.7. The van der Waals surface area contributed by atoms with Crippen LogP contribution in [0.3, 0.4) is 0 Å². The van der Waals surface area contributed by atoms with E-state index >= 15 is 0 Å². The number of nitrogens with zero attached hydrogens (tertiary/aromatic N) is 2. The number of aliphatic imine (C=N–C) groups is 2. The number of carbonyl (C=O) groups is 6. The average molecular weight is 772 g/mol. The van der Waals surface area contributed by atoms with Crippen molar-refractivity contribution < 1.29 is 56.0 Å². The van der Waals surface area contributed by atoms with Gasteiger partial charge < -0.3 is 86.9 Å². The van der Waals surface area contributed by atoms with Crippen LogP contribution in [0.15, 0.2) is 9.98 Å². The van der Waals surface area contributed by atoms with Crippen molar-refractivity contribution in [3.8, 4) is 0 Å². The molecule has 51 heavy (non-hydrogen) atoms. The van der Waals surface area contributed by atoms with Gasteiger partial charge in [-0.2, -0.15) is 0 Å². The Hall–Kier alpha value is -4.28. The van der Waals surface area contributed by atoms with Crippen LogP contribution in [-0.2, 0) is 45.8 Å². The summed E-state index contributed by atoms with van der Waals surface area (Å²) in [6, 6.07) is -4.20. The average Bonchev–Trinajstić information content (AvgIpc) is 3.06. The minimum Gasteiger partial charge on any atom is -0.548 e. The van der Waals surface area contributed by atoms with Crippen molar-refractivity contribution >= 4 is 47.5 Å². The predicted octanol–water partition coefficient (Wildman–Crippen LogP) is -8.31. The summed E-state index contributed by atoms with van der Waals surface area (Å²) in [6.45, 7) is 0.799. The zero-order valence-corrected chi connectivity index (χ0v) is 30.0. The summed E-state index contributed by atoms with van der Waals surface area (Å²) >= 11 is 0. The van der Waals surface area contributed by atoms with E-state index in [1.807, 2.05) is 0 Å². The number of guanidine groups is 2. The van der Waals surface area contributed by atoms with Gasteiger partial charge in [-0.15, -0.1) is 0 Å². The van der Waals surface area contributed by atoms with E-state index in [1.165, 1.54) is 0 Å². The Labute approximate surface area is 307 Å². The largest absolute Gasteiger partial charge is 2.00 e. The van der Waals surface area contributed by atoms with Crippen molar-refractivity contribution in [1.29, 1.82) is 0 Å². The second-order valence-corrected chi connectivity index (χ2v) is 10.9. The summed E-state index contributed by atoms with van der Waals surface area (Å²) in [4.78, 5) is 77.4. The van der Waals surface area contributed by atoms with Gasteiger partial charge in [0.2, 0.25) is 23.6 Å². The maximum absolute atomic E-state index is 12.3. The zero-order valence-electron chi connectivity index (χ0n) is 28.8. The van der Waals surface area contributed by atoms with Crippen LogP contribution >= 0.6 is 0 Å². The smallest absolute Gasteiger partial charge is 0.548 e. The molecule has 0 aliphatic carbocycles. The molecule has 0 aromatic rings. The first-order valence-electron chi connectivity index (χ1n) is 16.1. The molecule has 4 amide bonds. The number of aliphatic carboxylic acids is 2. The molecule has 20 N–H and O–H groups in total. The van der Waals surface area contributed by atoms with Gasteiger partial charge in [0.05, 0.1) is 37.1 Å². The van der Waals surface area contributed by atoms with Crippen LogP contribution in [0.5, 0.6) is 0 Å². The molecule has 0 aromatic heterocycles. The number of amides is 4. The first-order chi connectivity index (χ1) is 23.6. The molecule has 0 fully saturated rings. The number of carboxylic acids is 2. The molecule has 0 spiro atoms. The normalized spacial score (nSPS) is 12.5. The van der Waals surface area contributed by atoms with Crippen molar-refractivity contribution in [1.82, 2.24) is 21.3 Å². The Bertz CT molecular complexity index is 1020. The van der Waals surface area contributed by atoms with Crippen molar-refractivity contribution in [2.45, 2.75) is 88.4 Å². The molecule has 0 rings (SSSR count). The Morgan fingerprint density at radius 1 is 0.490 bits per heavy atom. The minimum absolute atomic E-state index is 0.